The maximum atomic E-state index is 12.4. The minimum atomic E-state index is -0.0973. The third-order valence-electron chi connectivity index (χ3n) is 4.31. The Morgan fingerprint density at radius 1 is 1.19 bits per heavy atom. The molecule has 0 spiro atoms. The molecule has 1 aromatic carbocycles. The number of nitrogens with one attached hydrogen (secondary N) is 1. The highest BCUT2D eigenvalue weighted by atomic mass is 35.5. The van der Waals surface area contributed by atoms with Crippen molar-refractivity contribution >= 4 is 29.0 Å². The molecule has 0 unspecified atom stereocenters. The molecule has 1 saturated heterocycles. The molecule has 1 fully saturated rings. The van der Waals surface area contributed by atoms with Gasteiger partial charge in [0.2, 0.25) is 5.91 Å². The van der Waals surface area contributed by atoms with Crippen molar-refractivity contribution in [1.82, 2.24) is 24.7 Å². The van der Waals surface area contributed by atoms with E-state index in [0.29, 0.717) is 29.6 Å². The van der Waals surface area contributed by atoms with Gasteiger partial charge in [0.15, 0.2) is 5.82 Å². The van der Waals surface area contributed by atoms with Crippen LogP contribution in [-0.4, -0.2) is 43.7 Å². The van der Waals surface area contributed by atoms with Crippen molar-refractivity contribution < 1.29 is 4.79 Å². The molecule has 1 aliphatic rings. The minimum absolute atomic E-state index is 0.0216. The van der Waals surface area contributed by atoms with Crippen LogP contribution in [0.4, 0.5) is 11.5 Å². The largest absolute Gasteiger partial charge is 0.355 e. The molecule has 1 N–H and O–H groups in total. The molecule has 1 amide bonds. The monoisotopic (exact) mass is 369 g/mol. The topological polar surface area (TPSA) is 88.8 Å². The number of rotatable bonds is 4. The smallest absolute Gasteiger partial charge is 0.231 e. The van der Waals surface area contributed by atoms with Crippen LogP contribution in [-0.2, 0) is 4.79 Å². The Balaban J connectivity index is 1.38. The number of benzene rings is 1. The van der Waals surface area contributed by atoms with E-state index >= 15 is 0 Å². The summed E-state index contributed by atoms with van der Waals surface area (Å²) >= 11 is 6.10. The fourth-order valence-electron chi connectivity index (χ4n) is 2.71. The van der Waals surface area contributed by atoms with Crippen LogP contribution in [0.1, 0.15) is 5.56 Å². The number of nitrogens with zero attached hydrogens (tertiary/aromatic N) is 6. The van der Waals surface area contributed by atoms with Gasteiger partial charge in [0.25, 0.3) is 0 Å². The summed E-state index contributed by atoms with van der Waals surface area (Å²) in [6, 6.07) is 7.32. The average Bonchev–Trinajstić information content (AvgIpc) is 3.12. The van der Waals surface area contributed by atoms with Crippen molar-refractivity contribution in [3.8, 4) is 5.82 Å². The van der Waals surface area contributed by atoms with Gasteiger partial charge in [0, 0.05) is 29.9 Å². The van der Waals surface area contributed by atoms with Gasteiger partial charge in [-0.25, -0.2) is 19.6 Å². The fourth-order valence-corrected chi connectivity index (χ4v) is 2.89. The van der Waals surface area contributed by atoms with Gasteiger partial charge in [0.1, 0.15) is 24.8 Å². The molecule has 0 aliphatic carbocycles. The predicted molar refractivity (Wildman–Crippen MR) is 97.5 cm³/mol. The van der Waals surface area contributed by atoms with E-state index in [2.05, 4.69) is 25.4 Å². The first-order valence-corrected chi connectivity index (χ1v) is 8.47. The van der Waals surface area contributed by atoms with Crippen LogP contribution in [0.5, 0.6) is 0 Å². The van der Waals surface area contributed by atoms with E-state index in [1.807, 2.05) is 30.0 Å². The SMILES string of the molecule is Cc1ccc(NC(=O)C2CN(c3cc(-n4cncn4)ncn3)C2)cc1Cl. The number of halogens is 1. The molecule has 0 radical (unpaired) electrons. The van der Waals surface area contributed by atoms with Gasteiger partial charge < -0.3 is 10.2 Å². The summed E-state index contributed by atoms with van der Waals surface area (Å²) in [5.41, 5.74) is 1.69. The predicted octanol–water partition coefficient (Wildman–Crippen LogP) is 2.09. The van der Waals surface area contributed by atoms with Crippen molar-refractivity contribution in [2.75, 3.05) is 23.3 Å². The molecule has 2 aromatic heterocycles. The van der Waals surface area contributed by atoms with Crippen LogP contribution >= 0.6 is 11.6 Å². The molecule has 0 bridgehead atoms. The Morgan fingerprint density at radius 3 is 2.73 bits per heavy atom. The maximum absolute atomic E-state index is 12.4. The molecule has 4 rings (SSSR count). The molecule has 1 aliphatic heterocycles. The van der Waals surface area contributed by atoms with E-state index < -0.39 is 0 Å². The Hall–Kier alpha value is -3.00. The maximum Gasteiger partial charge on any atom is 0.231 e. The van der Waals surface area contributed by atoms with Crippen LogP contribution in [0.25, 0.3) is 5.82 Å². The molecule has 8 nitrogen and oxygen atoms in total. The summed E-state index contributed by atoms with van der Waals surface area (Å²) in [5, 5.41) is 7.61. The van der Waals surface area contributed by atoms with Crippen molar-refractivity contribution in [3.63, 3.8) is 0 Å². The minimum Gasteiger partial charge on any atom is -0.355 e. The first-order chi connectivity index (χ1) is 12.6. The van der Waals surface area contributed by atoms with Gasteiger partial charge in [-0.1, -0.05) is 17.7 Å². The number of amides is 1. The summed E-state index contributed by atoms with van der Waals surface area (Å²) in [6.45, 7) is 3.12. The van der Waals surface area contributed by atoms with Crippen LogP contribution < -0.4 is 10.2 Å². The highest BCUT2D eigenvalue weighted by Crippen LogP contribution is 2.25. The summed E-state index contributed by atoms with van der Waals surface area (Å²) < 4.78 is 1.57. The number of anilines is 2. The molecule has 0 saturated carbocycles. The number of carbonyl (C=O) groups is 1. The van der Waals surface area contributed by atoms with E-state index in [0.717, 1.165) is 11.4 Å². The highest BCUT2D eigenvalue weighted by Gasteiger charge is 2.33. The number of aryl methyl sites for hydroxylation is 1. The lowest BCUT2D eigenvalue weighted by Crippen LogP contribution is -2.52. The number of hydrogen-bond acceptors (Lipinski definition) is 6. The van der Waals surface area contributed by atoms with Gasteiger partial charge in [-0.2, -0.15) is 5.10 Å². The molecular weight excluding hydrogens is 354 g/mol. The van der Waals surface area contributed by atoms with E-state index in [-0.39, 0.29) is 11.8 Å². The Morgan fingerprint density at radius 2 is 2.00 bits per heavy atom. The van der Waals surface area contributed by atoms with Gasteiger partial charge in [-0.3, -0.25) is 4.79 Å². The lowest BCUT2D eigenvalue weighted by molar-refractivity contribution is -0.120. The van der Waals surface area contributed by atoms with E-state index in [4.69, 9.17) is 11.6 Å². The summed E-state index contributed by atoms with van der Waals surface area (Å²) in [7, 11) is 0. The van der Waals surface area contributed by atoms with Crippen molar-refractivity contribution in [3.05, 3.63) is 53.8 Å². The standard InChI is InChI=1S/C17H16ClN7O/c1-11-2-3-13(4-14(11)18)23-17(26)12-6-24(7-12)15-5-16(21-9-20-15)25-10-19-8-22-25/h2-5,8-10,12H,6-7H2,1H3,(H,23,26). The van der Waals surface area contributed by atoms with Crippen LogP contribution in [0.2, 0.25) is 5.02 Å². The quantitative estimate of drug-likeness (QED) is 0.757. The number of aromatic nitrogens is 5. The van der Waals surface area contributed by atoms with Gasteiger partial charge >= 0.3 is 0 Å². The second-order valence-corrected chi connectivity index (χ2v) is 6.54. The second-order valence-electron chi connectivity index (χ2n) is 6.13. The molecule has 3 heterocycles. The zero-order valence-corrected chi connectivity index (χ0v) is 14.8. The summed E-state index contributed by atoms with van der Waals surface area (Å²) in [6.07, 6.45) is 4.50. The molecule has 132 valence electrons. The first kappa shape index (κ1) is 16.5. The second kappa shape index (κ2) is 6.72. The van der Waals surface area contributed by atoms with Crippen LogP contribution in [0.15, 0.2) is 43.2 Å². The third kappa shape index (κ3) is 3.23. The zero-order chi connectivity index (χ0) is 18.1. The van der Waals surface area contributed by atoms with E-state index in [9.17, 15) is 4.79 Å². The average molecular weight is 370 g/mol. The third-order valence-corrected chi connectivity index (χ3v) is 4.71. The highest BCUT2D eigenvalue weighted by molar-refractivity contribution is 6.31. The van der Waals surface area contributed by atoms with E-state index in [1.165, 1.54) is 12.7 Å². The summed E-state index contributed by atoms with van der Waals surface area (Å²) in [4.78, 5) is 26.8. The van der Waals surface area contributed by atoms with Crippen molar-refractivity contribution in [2.24, 2.45) is 5.92 Å². The van der Waals surface area contributed by atoms with E-state index in [1.54, 1.807) is 17.1 Å². The Kier molecular flexibility index (Phi) is 4.26. The number of carbonyl (C=O) groups excluding carboxylic acids is 1. The molecule has 0 atom stereocenters. The molecule has 26 heavy (non-hydrogen) atoms. The fraction of sp³-hybridized carbons (Fsp3) is 0.235. The summed E-state index contributed by atoms with van der Waals surface area (Å²) in [5.74, 6) is 1.27. The lowest BCUT2D eigenvalue weighted by Gasteiger charge is -2.39. The first-order valence-electron chi connectivity index (χ1n) is 8.09. The molecule has 9 heteroatoms. The number of hydrogen-bond donors (Lipinski definition) is 1. The van der Waals surface area contributed by atoms with Crippen LogP contribution in [0.3, 0.4) is 0 Å². The normalized spacial score (nSPS) is 14.2. The Labute approximate surface area is 154 Å². The van der Waals surface area contributed by atoms with Crippen molar-refractivity contribution in [1.29, 1.82) is 0 Å². The lowest BCUT2D eigenvalue weighted by atomic mass is 9.99. The van der Waals surface area contributed by atoms with Gasteiger partial charge in [-0.05, 0) is 24.6 Å². The Bertz CT molecular complexity index is 938. The van der Waals surface area contributed by atoms with Crippen molar-refractivity contribution in [2.45, 2.75) is 6.92 Å². The zero-order valence-electron chi connectivity index (χ0n) is 14.0. The van der Waals surface area contributed by atoms with Gasteiger partial charge in [-0.15, -0.1) is 0 Å². The van der Waals surface area contributed by atoms with Crippen LogP contribution in [0, 0.1) is 12.8 Å². The molecular formula is C17H16ClN7O. The molecule has 3 aromatic rings. The van der Waals surface area contributed by atoms with Gasteiger partial charge in [0.05, 0.1) is 5.92 Å².